The van der Waals surface area contributed by atoms with Crippen molar-refractivity contribution in [2.24, 2.45) is 0 Å². The molecule has 0 radical (unpaired) electrons. The molecular formula is C21H24Cl2N4O3. The summed E-state index contributed by atoms with van der Waals surface area (Å²) in [4.78, 5) is 21.4. The first-order valence-corrected chi connectivity index (χ1v) is 10.5. The summed E-state index contributed by atoms with van der Waals surface area (Å²) in [6.45, 7) is 4.95. The van der Waals surface area contributed by atoms with Gasteiger partial charge >= 0.3 is 6.03 Å². The Hall–Kier alpha value is -2.53. The third kappa shape index (κ3) is 7.06. The fourth-order valence-corrected chi connectivity index (χ4v) is 2.69. The van der Waals surface area contributed by atoms with Crippen LogP contribution in [0.3, 0.4) is 0 Å². The van der Waals surface area contributed by atoms with Gasteiger partial charge < -0.3 is 10.1 Å². The van der Waals surface area contributed by atoms with E-state index in [4.69, 9.17) is 32.8 Å². The zero-order chi connectivity index (χ0) is 21.9. The van der Waals surface area contributed by atoms with Crippen LogP contribution in [-0.4, -0.2) is 29.2 Å². The fraction of sp³-hybridized carbons (Fsp3) is 0.381. The lowest BCUT2D eigenvalue weighted by Crippen LogP contribution is -2.36. The summed E-state index contributed by atoms with van der Waals surface area (Å²) < 4.78 is 5.80. The molecule has 9 heteroatoms. The number of carbonyl (C=O) groups excluding carboxylic acids is 1. The summed E-state index contributed by atoms with van der Waals surface area (Å²) in [7, 11) is 0. The van der Waals surface area contributed by atoms with E-state index in [1.165, 1.54) is 17.5 Å². The number of nitriles is 1. The van der Waals surface area contributed by atoms with E-state index in [-0.39, 0.29) is 11.8 Å². The molecule has 1 aromatic carbocycles. The maximum Gasteiger partial charge on any atom is 0.345 e. The van der Waals surface area contributed by atoms with Crippen LogP contribution in [0.15, 0.2) is 36.7 Å². The number of halogens is 2. The predicted octanol–water partition coefficient (Wildman–Crippen LogP) is 6.20. The van der Waals surface area contributed by atoms with Gasteiger partial charge in [0.1, 0.15) is 22.4 Å². The molecule has 0 unspecified atom stereocenters. The average Bonchev–Trinajstić information content (AvgIpc) is 2.73. The zero-order valence-electron chi connectivity index (χ0n) is 16.9. The number of nitrogens with zero attached hydrogens (tertiary/aromatic N) is 3. The highest BCUT2D eigenvalue weighted by Gasteiger charge is 2.15. The Labute approximate surface area is 186 Å². The van der Waals surface area contributed by atoms with E-state index >= 15 is 0 Å². The van der Waals surface area contributed by atoms with Gasteiger partial charge in [-0.3, -0.25) is 9.82 Å². The summed E-state index contributed by atoms with van der Waals surface area (Å²) in [5, 5.41) is 13.5. The van der Waals surface area contributed by atoms with Crippen LogP contribution >= 0.6 is 23.2 Å². The monoisotopic (exact) mass is 450 g/mol. The molecular weight excluding hydrogens is 427 g/mol. The Balaban J connectivity index is 2.17. The van der Waals surface area contributed by atoms with Crippen molar-refractivity contribution in [3.63, 3.8) is 0 Å². The number of ether oxygens (including phenoxy) is 1. The van der Waals surface area contributed by atoms with Crippen LogP contribution in [0, 0.1) is 11.3 Å². The van der Waals surface area contributed by atoms with Crippen molar-refractivity contribution >= 4 is 34.9 Å². The van der Waals surface area contributed by atoms with Crippen LogP contribution in [-0.2, 0) is 4.84 Å². The third-order valence-electron chi connectivity index (χ3n) is 3.97. The highest BCUT2D eigenvalue weighted by atomic mass is 35.5. The first kappa shape index (κ1) is 23.7. The van der Waals surface area contributed by atoms with Gasteiger partial charge in [0.25, 0.3) is 0 Å². The second-order valence-corrected chi connectivity index (χ2v) is 7.49. The van der Waals surface area contributed by atoms with Crippen LogP contribution in [0.5, 0.6) is 11.5 Å². The highest BCUT2D eigenvalue weighted by molar-refractivity contribution is 6.44. The Morgan fingerprint density at radius 1 is 1.27 bits per heavy atom. The summed E-state index contributed by atoms with van der Waals surface area (Å²) in [6.07, 6.45) is 5.60. The number of hydrogen-bond acceptors (Lipinski definition) is 5. The van der Waals surface area contributed by atoms with Gasteiger partial charge in [-0.15, -0.1) is 0 Å². The standard InChI is InChI=1S/C21H24Cl2N4O3/c1-3-5-9-29-27(8-4-2)21(28)26-17-7-6-15(12-24)19(11-17)30-18-10-16(20(22)23)13-25-14-18/h6-7,10-11,13-14,20H,3-5,8-9H2,1-2H3,(H,26,28). The van der Waals surface area contributed by atoms with E-state index in [1.54, 1.807) is 24.3 Å². The van der Waals surface area contributed by atoms with Crippen molar-refractivity contribution in [1.82, 2.24) is 10.0 Å². The minimum absolute atomic E-state index is 0.267. The molecule has 0 aliphatic carbocycles. The molecule has 0 saturated heterocycles. The van der Waals surface area contributed by atoms with Crippen molar-refractivity contribution in [3.05, 3.63) is 47.8 Å². The molecule has 2 amide bonds. The summed E-state index contributed by atoms with van der Waals surface area (Å²) in [5.74, 6) is 0.637. The number of rotatable bonds is 10. The number of amides is 2. The minimum Gasteiger partial charge on any atom is -0.454 e. The van der Waals surface area contributed by atoms with Gasteiger partial charge in [-0.25, -0.2) is 9.86 Å². The molecule has 0 fully saturated rings. The summed E-state index contributed by atoms with van der Waals surface area (Å²) >= 11 is 11.7. The van der Waals surface area contributed by atoms with Crippen molar-refractivity contribution in [2.45, 2.75) is 37.9 Å². The molecule has 1 aromatic heterocycles. The van der Waals surface area contributed by atoms with Gasteiger partial charge in [-0.1, -0.05) is 43.5 Å². The lowest BCUT2D eigenvalue weighted by Gasteiger charge is -2.22. The second-order valence-electron chi connectivity index (χ2n) is 6.40. The molecule has 0 saturated carbocycles. The van der Waals surface area contributed by atoms with Crippen molar-refractivity contribution < 1.29 is 14.4 Å². The zero-order valence-corrected chi connectivity index (χ0v) is 18.4. The second kappa shape index (κ2) is 12.2. The minimum atomic E-state index is -0.751. The molecule has 0 spiro atoms. The van der Waals surface area contributed by atoms with E-state index in [0.29, 0.717) is 35.7 Å². The summed E-state index contributed by atoms with van der Waals surface area (Å²) in [5.41, 5.74) is 1.33. The van der Waals surface area contributed by atoms with Gasteiger partial charge in [-0.05, 0) is 31.0 Å². The first-order chi connectivity index (χ1) is 14.5. The van der Waals surface area contributed by atoms with Gasteiger partial charge in [0.2, 0.25) is 0 Å². The predicted molar refractivity (Wildman–Crippen MR) is 117 cm³/mol. The number of urea groups is 1. The Bertz CT molecular complexity index is 887. The number of anilines is 1. The third-order valence-corrected chi connectivity index (χ3v) is 4.47. The highest BCUT2D eigenvalue weighted by Crippen LogP contribution is 2.31. The van der Waals surface area contributed by atoms with E-state index in [9.17, 15) is 10.1 Å². The van der Waals surface area contributed by atoms with E-state index < -0.39 is 4.84 Å². The molecule has 30 heavy (non-hydrogen) atoms. The normalized spacial score (nSPS) is 10.5. The molecule has 0 aliphatic rings. The molecule has 1 heterocycles. The number of unbranched alkanes of at least 4 members (excludes halogenated alkanes) is 1. The van der Waals surface area contributed by atoms with Gasteiger partial charge in [-0.2, -0.15) is 5.26 Å². The van der Waals surface area contributed by atoms with Crippen molar-refractivity contribution in [1.29, 1.82) is 5.26 Å². The lowest BCUT2D eigenvalue weighted by molar-refractivity contribution is -0.114. The van der Waals surface area contributed by atoms with Gasteiger partial charge in [0.05, 0.1) is 24.9 Å². The molecule has 2 rings (SSSR count). The van der Waals surface area contributed by atoms with Crippen molar-refractivity contribution in [2.75, 3.05) is 18.5 Å². The Kier molecular flexibility index (Phi) is 9.68. The Morgan fingerprint density at radius 2 is 2.07 bits per heavy atom. The molecule has 0 bridgehead atoms. The summed E-state index contributed by atoms with van der Waals surface area (Å²) in [6, 6.07) is 8.07. The number of pyridine rings is 1. The average molecular weight is 451 g/mol. The molecule has 0 aliphatic heterocycles. The molecule has 160 valence electrons. The van der Waals surface area contributed by atoms with Crippen LogP contribution in [0.2, 0.25) is 0 Å². The molecule has 0 atom stereocenters. The van der Waals surface area contributed by atoms with Gasteiger partial charge in [0, 0.05) is 23.5 Å². The van der Waals surface area contributed by atoms with Crippen LogP contribution in [0.1, 0.15) is 49.1 Å². The van der Waals surface area contributed by atoms with Crippen LogP contribution < -0.4 is 10.1 Å². The molecule has 7 nitrogen and oxygen atoms in total. The SMILES string of the molecule is CCCCON(CCC)C(=O)Nc1ccc(C#N)c(Oc2cncc(C(Cl)Cl)c2)c1. The van der Waals surface area contributed by atoms with Crippen LogP contribution in [0.4, 0.5) is 10.5 Å². The van der Waals surface area contributed by atoms with E-state index in [1.807, 2.05) is 6.92 Å². The Morgan fingerprint density at radius 3 is 2.73 bits per heavy atom. The number of hydroxylamine groups is 2. The van der Waals surface area contributed by atoms with Crippen LogP contribution in [0.25, 0.3) is 0 Å². The quantitative estimate of drug-likeness (QED) is 0.264. The molecule has 2 aromatic rings. The smallest absolute Gasteiger partial charge is 0.345 e. The number of aromatic nitrogens is 1. The van der Waals surface area contributed by atoms with Crippen molar-refractivity contribution in [3.8, 4) is 17.6 Å². The maximum absolute atomic E-state index is 12.6. The molecule has 1 N–H and O–H groups in total. The lowest BCUT2D eigenvalue weighted by atomic mass is 10.2. The number of nitrogens with one attached hydrogen (secondary N) is 1. The number of hydrogen-bond donors (Lipinski definition) is 1. The maximum atomic E-state index is 12.6. The fourth-order valence-electron chi connectivity index (χ4n) is 2.45. The first-order valence-electron chi connectivity index (χ1n) is 9.65. The number of benzene rings is 1. The van der Waals surface area contributed by atoms with E-state index in [2.05, 4.69) is 23.3 Å². The topological polar surface area (TPSA) is 87.5 Å². The van der Waals surface area contributed by atoms with Gasteiger partial charge in [0.15, 0.2) is 0 Å². The number of carbonyl (C=O) groups is 1. The van der Waals surface area contributed by atoms with E-state index in [0.717, 1.165) is 19.3 Å². The largest absolute Gasteiger partial charge is 0.454 e. The number of alkyl halides is 2.